The van der Waals surface area contributed by atoms with Crippen molar-refractivity contribution in [1.29, 1.82) is 0 Å². The van der Waals surface area contributed by atoms with Crippen LogP contribution in [0.4, 0.5) is 16.2 Å². The molecule has 1 heterocycles. The minimum absolute atomic E-state index is 0.0336. The van der Waals surface area contributed by atoms with Crippen molar-refractivity contribution >= 4 is 44.8 Å². The van der Waals surface area contributed by atoms with Crippen molar-refractivity contribution in [1.82, 2.24) is 5.32 Å². The van der Waals surface area contributed by atoms with Crippen molar-refractivity contribution < 1.29 is 17.9 Å². The van der Waals surface area contributed by atoms with Gasteiger partial charge in [0.2, 0.25) is 10.0 Å². The summed E-state index contributed by atoms with van der Waals surface area (Å²) in [5.74, 6) is -0.0336. The molecular formula is C11H13N3O4S2. The minimum atomic E-state index is -3.28. The Labute approximate surface area is 121 Å². The third-order valence-electron chi connectivity index (χ3n) is 2.47. The predicted octanol–water partition coefficient (Wildman–Crippen LogP) is 1.38. The predicted molar refractivity (Wildman–Crippen MR) is 79.1 cm³/mol. The van der Waals surface area contributed by atoms with Crippen LogP contribution >= 0.6 is 12.2 Å². The summed E-state index contributed by atoms with van der Waals surface area (Å²) in [6.07, 6.45) is -0.646. The topological polar surface area (TPSA) is 96.5 Å². The fourth-order valence-corrected chi connectivity index (χ4v) is 3.17. The molecule has 7 nitrogen and oxygen atoms in total. The van der Waals surface area contributed by atoms with Crippen LogP contribution in [-0.2, 0) is 20.5 Å². The maximum absolute atomic E-state index is 11.4. The molecule has 9 heteroatoms. The quantitative estimate of drug-likeness (QED) is 0.714. The molecule has 1 aliphatic rings. The number of hydrogen-bond donors (Lipinski definition) is 3. The fourth-order valence-electron chi connectivity index (χ4n) is 1.71. The zero-order chi connectivity index (χ0) is 14.8. The Hall–Kier alpha value is -1.87. The lowest BCUT2D eigenvalue weighted by molar-refractivity contribution is 0.158. The van der Waals surface area contributed by atoms with Gasteiger partial charge in [-0.05, 0) is 36.8 Å². The van der Waals surface area contributed by atoms with Crippen molar-refractivity contribution in [3.05, 3.63) is 23.8 Å². The zero-order valence-electron chi connectivity index (χ0n) is 10.6. The largest absolute Gasteiger partial charge is 0.450 e. The molecule has 2 rings (SSSR count). The second kappa shape index (κ2) is 5.63. The van der Waals surface area contributed by atoms with E-state index >= 15 is 0 Å². The lowest BCUT2D eigenvalue weighted by Crippen LogP contribution is -2.34. The molecule has 0 saturated heterocycles. The van der Waals surface area contributed by atoms with Crippen LogP contribution in [0.2, 0.25) is 0 Å². The SMILES string of the molecule is CCOC(=O)NC(=S)Nc1ccc2c(c1)NS(=O)(=O)C2. The smallest absolute Gasteiger partial charge is 0.413 e. The molecule has 3 N–H and O–H groups in total. The van der Waals surface area contributed by atoms with Crippen LogP contribution in [-0.4, -0.2) is 26.2 Å². The summed E-state index contributed by atoms with van der Waals surface area (Å²) in [6, 6.07) is 4.97. The summed E-state index contributed by atoms with van der Waals surface area (Å²) in [5, 5.41) is 5.18. The molecule has 1 aromatic rings. The Morgan fingerprint density at radius 3 is 2.95 bits per heavy atom. The molecule has 0 atom stereocenters. The molecular weight excluding hydrogens is 302 g/mol. The van der Waals surface area contributed by atoms with Crippen LogP contribution < -0.4 is 15.4 Å². The van der Waals surface area contributed by atoms with E-state index in [1.54, 1.807) is 25.1 Å². The van der Waals surface area contributed by atoms with E-state index in [-0.39, 0.29) is 17.5 Å². The molecule has 0 aromatic heterocycles. The Morgan fingerprint density at radius 2 is 2.25 bits per heavy atom. The van der Waals surface area contributed by atoms with Crippen LogP contribution in [0.15, 0.2) is 18.2 Å². The standard InChI is InChI=1S/C11H13N3O4S2/c1-2-18-11(15)13-10(19)12-8-4-3-7-6-20(16,17)14-9(7)5-8/h3-5,14H,2,6H2,1H3,(H2,12,13,15,19). The van der Waals surface area contributed by atoms with Crippen molar-refractivity contribution in [2.24, 2.45) is 0 Å². The Balaban J connectivity index is 2.02. The molecule has 0 fully saturated rings. The van der Waals surface area contributed by atoms with Crippen molar-refractivity contribution in [2.75, 3.05) is 16.6 Å². The number of fused-ring (bicyclic) bond motifs is 1. The number of carbonyl (C=O) groups excluding carboxylic acids is 1. The second-order valence-electron chi connectivity index (χ2n) is 4.03. The molecule has 0 spiro atoms. The molecule has 1 amide bonds. The molecule has 108 valence electrons. The number of nitrogens with one attached hydrogen (secondary N) is 3. The first-order valence-electron chi connectivity index (χ1n) is 5.78. The van der Waals surface area contributed by atoms with Gasteiger partial charge in [-0.3, -0.25) is 10.0 Å². The van der Waals surface area contributed by atoms with Gasteiger partial charge < -0.3 is 10.1 Å². The summed E-state index contributed by atoms with van der Waals surface area (Å²) in [4.78, 5) is 11.2. The van der Waals surface area contributed by atoms with E-state index in [1.807, 2.05) is 0 Å². The molecule has 0 saturated carbocycles. The number of ether oxygens (including phenoxy) is 1. The summed E-state index contributed by atoms with van der Waals surface area (Å²) in [6.45, 7) is 1.93. The second-order valence-corrected chi connectivity index (χ2v) is 6.16. The van der Waals surface area contributed by atoms with E-state index in [1.165, 1.54) is 0 Å². The zero-order valence-corrected chi connectivity index (χ0v) is 12.2. The van der Waals surface area contributed by atoms with Gasteiger partial charge in [0.25, 0.3) is 0 Å². The number of thiocarbonyl (C=S) groups is 1. The van der Waals surface area contributed by atoms with Crippen molar-refractivity contribution in [3.8, 4) is 0 Å². The molecule has 0 unspecified atom stereocenters. The summed E-state index contributed by atoms with van der Waals surface area (Å²) >= 11 is 4.94. The number of alkyl carbamates (subject to hydrolysis) is 1. The molecule has 0 aliphatic carbocycles. The number of hydrogen-bond acceptors (Lipinski definition) is 5. The molecule has 0 bridgehead atoms. The maximum atomic E-state index is 11.4. The van der Waals surface area contributed by atoms with Gasteiger partial charge in [-0.25, -0.2) is 13.2 Å². The summed E-state index contributed by atoms with van der Waals surface area (Å²) < 4.78 is 29.9. The first kappa shape index (κ1) is 14.5. The summed E-state index contributed by atoms with van der Waals surface area (Å²) in [7, 11) is -3.28. The van der Waals surface area contributed by atoms with E-state index in [0.29, 0.717) is 16.9 Å². The van der Waals surface area contributed by atoms with E-state index in [0.717, 1.165) is 0 Å². The Kier molecular flexibility index (Phi) is 4.09. The average molecular weight is 315 g/mol. The highest BCUT2D eigenvalue weighted by atomic mass is 32.2. The number of amides is 1. The van der Waals surface area contributed by atoms with Gasteiger partial charge in [0.05, 0.1) is 18.0 Å². The third kappa shape index (κ3) is 3.58. The van der Waals surface area contributed by atoms with Gasteiger partial charge >= 0.3 is 6.09 Å². The van der Waals surface area contributed by atoms with E-state index in [4.69, 9.17) is 12.2 Å². The van der Waals surface area contributed by atoms with Gasteiger partial charge in [-0.2, -0.15) is 0 Å². The van der Waals surface area contributed by atoms with Gasteiger partial charge in [-0.15, -0.1) is 0 Å². The highest BCUT2D eigenvalue weighted by Gasteiger charge is 2.23. The van der Waals surface area contributed by atoms with Gasteiger partial charge in [-0.1, -0.05) is 6.07 Å². The first-order valence-corrected chi connectivity index (χ1v) is 7.84. The van der Waals surface area contributed by atoms with Crippen molar-refractivity contribution in [3.63, 3.8) is 0 Å². The maximum Gasteiger partial charge on any atom is 0.413 e. The highest BCUT2D eigenvalue weighted by Crippen LogP contribution is 2.29. The van der Waals surface area contributed by atoms with E-state index in [2.05, 4.69) is 20.1 Å². The first-order chi connectivity index (χ1) is 9.39. The van der Waals surface area contributed by atoms with E-state index in [9.17, 15) is 13.2 Å². The molecule has 1 aromatic carbocycles. The number of carbonyl (C=O) groups is 1. The van der Waals surface area contributed by atoms with Gasteiger partial charge in [0, 0.05) is 5.69 Å². The average Bonchev–Trinajstić information content (AvgIpc) is 2.62. The molecule has 1 aliphatic heterocycles. The van der Waals surface area contributed by atoms with Crippen LogP contribution in [0.1, 0.15) is 12.5 Å². The highest BCUT2D eigenvalue weighted by molar-refractivity contribution is 7.92. The normalized spacial score (nSPS) is 14.8. The fraction of sp³-hybridized carbons (Fsp3) is 0.273. The lowest BCUT2D eigenvalue weighted by Gasteiger charge is -2.10. The van der Waals surface area contributed by atoms with E-state index < -0.39 is 16.1 Å². The summed E-state index contributed by atoms with van der Waals surface area (Å²) in [5.41, 5.74) is 1.77. The number of benzene rings is 1. The van der Waals surface area contributed by atoms with Crippen LogP contribution in [0.5, 0.6) is 0 Å². The van der Waals surface area contributed by atoms with Gasteiger partial charge in [0.15, 0.2) is 5.11 Å². The van der Waals surface area contributed by atoms with Crippen molar-refractivity contribution in [2.45, 2.75) is 12.7 Å². The number of anilines is 2. The van der Waals surface area contributed by atoms with Crippen LogP contribution in [0.3, 0.4) is 0 Å². The van der Waals surface area contributed by atoms with Gasteiger partial charge in [0.1, 0.15) is 0 Å². The Bertz CT molecular complexity index is 658. The lowest BCUT2D eigenvalue weighted by atomic mass is 10.2. The van der Waals surface area contributed by atoms with Crippen LogP contribution in [0.25, 0.3) is 0 Å². The number of rotatable bonds is 2. The molecule has 0 radical (unpaired) electrons. The van der Waals surface area contributed by atoms with Crippen LogP contribution in [0, 0.1) is 0 Å². The minimum Gasteiger partial charge on any atom is -0.450 e. The molecule has 20 heavy (non-hydrogen) atoms. The Morgan fingerprint density at radius 1 is 1.50 bits per heavy atom. The third-order valence-corrected chi connectivity index (χ3v) is 3.90. The monoisotopic (exact) mass is 315 g/mol. The number of sulfonamides is 1.